The molecular weight excluding hydrogens is 336 g/mol. The molecule has 0 bridgehead atoms. The van der Waals surface area contributed by atoms with Crippen molar-refractivity contribution in [3.05, 3.63) is 118 Å². The first-order valence-corrected chi connectivity index (χ1v) is 8.69. The third-order valence-electron chi connectivity index (χ3n) is 4.65. The van der Waals surface area contributed by atoms with E-state index in [1.165, 1.54) is 9.13 Å². The van der Waals surface area contributed by atoms with Gasteiger partial charge in [0.2, 0.25) is 0 Å². The molecule has 4 aromatic rings. The third-order valence-corrected chi connectivity index (χ3v) is 4.65. The van der Waals surface area contributed by atoms with Gasteiger partial charge in [-0.3, -0.25) is 14.2 Å². The molecule has 0 N–H and O–H groups in total. The number of hydrogen-bond acceptors (Lipinski definition) is 2. The predicted octanol–water partition coefficient (Wildman–Crippen LogP) is 3.84. The van der Waals surface area contributed by atoms with E-state index in [4.69, 9.17) is 0 Å². The highest BCUT2D eigenvalue weighted by Crippen LogP contribution is 2.20. The van der Waals surface area contributed by atoms with Gasteiger partial charge in [0.05, 0.1) is 12.2 Å². The van der Waals surface area contributed by atoms with Gasteiger partial charge in [0.1, 0.15) is 0 Å². The molecule has 0 amide bonds. The van der Waals surface area contributed by atoms with Crippen LogP contribution in [0.5, 0.6) is 0 Å². The third kappa shape index (κ3) is 3.13. The summed E-state index contributed by atoms with van der Waals surface area (Å²) in [6, 6.07) is 21.3. The quantitative estimate of drug-likeness (QED) is 0.523. The zero-order chi connectivity index (χ0) is 18.8. The molecule has 0 saturated heterocycles. The number of rotatable bonds is 4. The standard InChI is InChI=1S/C23H18N2O2/c1-2-17-10-12-18(13-11-17)16-24-14-15-25(23(27)22(24)26)21-9-5-7-19-6-3-4-8-20(19)21/h2-15H,1,16H2. The lowest BCUT2D eigenvalue weighted by molar-refractivity contribution is 0.719. The Labute approximate surface area is 156 Å². The lowest BCUT2D eigenvalue weighted by Gasteiger charge is -2.11. The summed E-state index contributed by atoms with van der Waals surface area (Å²) < 4.78 is 2.86. The van der Waals surface area contributed by atoms with E-state index in [2.05, 4.69) is 6.58 Å². The lowest BCUT2D eigenvalue weighted by Crippen LogP contribution is -2.40. The fourth-order valence-corrected chi connectivity index (χ4v) is 3.20. The van der Waals surface area contributed by atoms with Crippen LogP contribution in [0.2, 0.25) is 0 Å². The minimum absolute atomic E-state index is 0.349. The Morgan fingerprint density at radius 3 is 2.33 bits per heavy atom. The molecule has 1 aromatic heterocycles. The van der Waals surface area contributed by atoms with E-state index in [0.717, 1.165) is 21.9 Å². The Bertz CT molecular complexity index is 1240. The molecule has 0 aliphatic heterocycles. The second-order valence-corrected chi connectivity index (χ2v) is 6.35. The second kappa shape index (κ2) is 6.92. The Morgan fingerprint density at radius 2 is 1.56 bits per heavy atom. The second-order valence-electron chi connectivity index (χ2n) is 6.35. The average molecular weight is 354 g/mol. The van der Waals surface area contributed by atoms with Gasteiger partial charge >= 0.3 is 11.1 Å². The molecule has 27 heavy (non-hydrogen) atoms. The zero-order valence-electron chi connectivity index (χ0n) is 14.7. The van der Waals surface area contributed by atoms with E-state index < -0.39 is 11.1 Å². The van der Waals surface area contributed by atoms with E-state index in [-0.39, 0.29) is 0 Å². The van der Waals surface area contributed by atoms with Gasteiger partial charge in [-0.25, -0.2) is 0 Å². The summed E-state index contributed by atoms with van der Waals surface area (Å²) in [5.74, 6) is 0. The number of benzene rings is 3. The zero-order valence-corrected chi connectivity index (χ0v) is 14.7. The summed E-state index contributed by atoms with van der Waals surface area (Å²) in [5.41, 5.74) is 1.56. The molecule has 0 spiro atoms. The largest absolute Gasteiger partial charge is 0.321 e. The summed E-state index contributed by atoms with van der Waals surface area (Å²) in [4.78, 5) is 25.4. The van der Waals surface area contributed by atoms with Gasteiger partial charge in [-0.05, 0) is 22.6 Å². The molecule has 4 nitrogen and oxygen atoms in total. The van der Waals surface area contributed by atoms with Crippen molar-refractivity contribution >= 4 is 16.8 Å². The summed E-state index contributed by atoms with van der Waals surface area (Å²) in [7, 11) is 0. The number of nitrogens with zero attached hydrogens (tertiary/aromatic N) is 2. The normalized spacial score (nSPS) is 10.8. The maximum atomic E-state index is 12.7. The maximum absolute atomic E-state index is 12.7. The Kier molecular flexibility index (Phi) is 4.30. The van der Waals surface area contributed by atoms with Crippen molar-refractivity contribution in [2.45, 2.75) is 6.54 Å². The van der Waals surface area contributed by atoms with Crippen LogP contribution in [0.3, 0.4) is 0 Å². The Hall–Kier alpha value is -3.66. The van der Waals surface area contributed by atoms with Crippen molar-refractivity contribution < 1.29 is 0 Å². The lowest BCUT2D eigenvalue weighted by atomic mass is 10.1. The van der Waals surface area contributed by atoms with Crippen LogP contribution in [0.4, 0.5) is 0 Å². The fourth-order valence-electron chi connectivity index (χ4n) is 3.20. The molecule has 4 rings (SSSR count). The van der Waals surface area contributed by atoms with Crippen molar-refractivity contribution in [1.29, 1.82) is 0 Å². The summed E-state index contributed by atoms with van der Waals surface area (Å²) in [6.45, 7) is 4.08. The molecule has 1 heterocycles. The van der Waals surface area contributed by atoms with Crippen LogP contribution in [-0.2, 0) is 6.54 Å². The topological polar surface area (TPSA) is 44.0 Å². The van der Waals surface area contributed by atoms with Crippen LogP contribution in [0.25, 0.3) is 22.5 Å². The molecule has 0 fully saturated rings. The number of fused-ring (bicyclic) bond motifs is 1. The first-order chi connectivity index (χ1) is 13.2. The van der Waals surface area contributed by atoms with Crippen molar-refractivity contribution in [1.82, 2.24) is 9.13 Å². The average Bonchev–Trinajstić information content (AvgIpc) is 2.72. The highest BCUT2D eigenvalue weighted by molar-refractivity contribution is 5.90. The summed E-state index contributed by atoms with van der Waals surface area (Å²) in [6.07, 6.45) is 5.08. The van der Waals surface area contributed by atoms with Gasteiger partial charge in [0.15, 0.2) is 0 Å². The van der Waals surface area contributed by atoms with E-state index in [1.54, 1.807) is 18.5 Å². The smallest absolute Gasteiger partial charge is 0.305 e. The first-order valence-electron chi connectivity index (χ1n) is 8.69. The highest BCUT2D eigenvalue weighted by Gasteiger charge is 2.09. The van der Waals surface area contributed by atoms with Crippen LogP contribution in [0, 0.1) is 0 Å². The van der Waals surface area contributed by atoms with Crippen LogP contribution < -0.4 is 11.1 Å². The van der Waals surface area contributed by atoms with Crippen molar-refractivity contribution in [3.63, 3.8) is 0 Å². The Morgan fingerprint density at radius 1 is 0.815 bits per heavy atom. The fraction of sp³-hybridized carbons (Fsp3) is 0.0435. The van der Waals surface area contributed by atoms with Gasteiger partial charge in [0, 0.05) is 17.8 Å². The molecule has 4 heteroatoms. The van der Waals surface area contributed by atoms with Gasteiger partial charge < -0.3 is 4.57 Å². The molecule has 0 radical (unpaired) electrons. The van der Waals surface area contributed by atoms with Crippen LogP contribution >= 0.6 is 0 Å². The minimum atomic E-state index is -0.559. The van der Waals surface area contributed by atoms with E-state index in [1.807, 2.05) is 66.7 Å². The Balaban J connectivity index is 1.77. The summed E-state index contributed by atoms with van der Waals surface area (Å²) in [5, 5.41) is 1.95. The van der Waals surface area contributed by atoms with Crippen molar-refractivity contribution in [3.8, 4) is 5.69 Å². The summed E-state index contributed by atoms with van der Waals surface area (Å²) >= 11 is 0. The van der Waals surface area contributed by atoms with E-state index >= 15 is 0 Å². The van der Waals surface area contributed by atoms with Crippen LogP contribution in [0.1, 0.15) is 11.1 Å². The molecule has 0 saturated carbocycles. The molecule has 0 unspecified atom stereocenters. The monoisotopic (exact) mass is 354 g/mol. The molecule has 0 aliphatic rings. The SMILES string of the molecule is C=Cc1ccc(Cn2ccn(-c3cccc4ccccc34)c(=O)c2=O)cc1. The minimum Gasteiger partial charge on any atom is -0.305 e. The van der Waals surface area contributed by atoms with Gasteiger partial charge in [0.25, 0.3) is 0 Å². The molecular formula is C23H18N2O2. The van der Waals surface area contributed by atoms with E-state index in [0.29, 0.717) is 12.2 Å². The molecule has 0 aliphatic carbocycles. The van der Waals surface area contributed by atoms with Crippen molar-refractivity contribution in [2.75, 3.05) is 0 Å². The van der Waals surface area contributed by atoms with Crippen molar-refractivity contribution in [2.24, 2.45) is 0 Å². The first kappa shape index (κ1) is 16.8. The maximum Gasteiger partial charge on any atom is 0.321 e. The molecule has 132 valence electrons. The predicted molar refractivity (Wildman–Crippen MR) is 109 cm³/mol. The van der Waals surface area contributed by atoms with Crippen LogP contribution in [0.15, 0.2) is 95.3 Å². The molecule has 0 atom stereocenters. The highest BCUT2D eigenvalue weighted by atomic mass is 16.2. The van der Waals surface area contributed by atoms with Gasteiger partial charge in [-0.15, -0.1) is 0 Å². The molecule has 3 aromatic carbocycles. The van der Waals surface area contributed by atoms with E-state index in [9.17, 15) is 9.59 Å². The number of hydrogen-bond donors (Lipinski definition) is 0. The van der Waals surface area contributed by atoms with Crippen LogP contribution in [-0.4, -0.2) is 9.13 Å². The van der Waals surface area contributed by atoms with Gasteiger partial charge in [-0.1, -0.05) is 73.3 Å². The number of aromatic nitrogens is 2. The van der Waals surface area contributed by atoms with Gasteiger partial charge in [-0.2, -0.15) is 0 Å².